The lowest BCUT2D eigenvalue weighted by Gasteiger charge is -2.36. The molecule has 0 heterocycles. The van der Waals surface area contributed by atoms with Gasteiger partial charge < -0.3 is 0 Å². The van der Waals surface area contributed by atoms with Crippen LogP contribution >= 0.6 is 15.9 Å². The van der Waals surface area contributed by atoms with E-state index in [0.717, 1.165) is 16.5 Å². The molecule has 0 bridgehead atoms. The number of benzene rings is 1. The summed E-state index contributed by atoms with van der Waals surface area (Å²) >= 11 is 3.35. The quantitative estimate of drug-likeness (QED) is 0.748. The van der Waals surface area contributed by atoms with Gasteiger partial charge in [-0.15, -0.1) is 0 Å². The SMILES string of the molecule is FC(F)C1CCC1c1cccc(Br)c1. The fraction of sp³-hybridized carbons (Fsp3) is 0.455. The van der Waals surface area contributed by atoms with Crippen LogP contribution in [0.25, 0.3) is 0 Å². The average molecular weight is 261 g/mol. The zero-order chi connectivity index (χ0) is 10.1. The van der Waals surface area contributed by atoms with E-state index in [2.05, 4.69) is 15.9 Å². The summed E-state index contributed by atoms with van der Waals surface area (Å²) in [4.78, 5) is 0. The molecule has 1 aliphatic rings. The molecule has 0 spiro atoms. The molecule has 0 saturated heterocycles. The Kier molecular flexibility index (Phi) is 2.86. The Bertz CT molecular complexity index is 325. The highest BCUT2D eigenvalue weighted by molar-refractivity contribution is 9.10. The molecule has 0 N–H and O–H groups in total. The van der Waals surface area contributed by atoms with Crippen LogP contribution in [0.3, 0.4) is 0 Å². The first kappa shape index (κ1) is 10.1. The molecule has 2 atom stereocenters. The highest BCUT2D eigenvalue weighted by Crippen LogP contribution is 2.45. The minimum atomic E-state index is -2.17. The zero-order valence-electron chi connectivity index (χ0n) is 7.59. The van der Waals surface area contributed by atoms with Gasteiger partial charge in [0.05, 0.1) is 0 Å². The Morgan fingerprint density at radius 1 is 1.29 bits per heavy atom. The molecular weight excluding hydrogens is 250 g/mol. The second kappa shape index (κ2) is 3.97. The van der Waals surface area contributed by atoms with Gasteiger partial charge in [-0.05, 0) is 36.5 Å². The fourth-order valence-corrected chi connectivity index (χ4v) is 2.40. The number of rotatable bonds is 2. The maximum absolute atomic E-state index is 12.5. The van der Waals surface area contributed by atoms with Crippen LogP contribution in [0.1, 0.15) is 24.3 Å². The number of hydrogen-bond donors (Lipinski definition) is 0. The van der Waals surface area contributed by atoms with Crippen molar-refractivity contribution >= 4 is 15.9 Å². The second-order valence-electron chi connectivity index (χ2n) is 3.74. The van der Waals surface area contributed by atoms with E-state index in [1.165, 1.54) is 0 Å². The van der Waals surface area contributed by atoms with E-state index >= 15 is 0 Å². The van der Waals surface area contributed by atoms with Crippen molar-refractivity contribution in [1.82, 2.24) is 0 Å². The van der Waals surface area contributed by atoms with E-state index in [0.29, 0.717) is 6.42 Å². The van der Waals surface area contributed by atoms with Gasteiger partial charge in [0.1, 0.15) is 0 Å². The van der Waals surface area contributed by atoms with E-state index in [4.69, 9.17) is 0 Å². The van der Waals surface area contributed by atoms with E-state index in [-0.39, 0.29) is 5.92 Å². The first-order chi connectivity index (χ1) is 6.68. The van der Waals surface area contributed by atoms with E-state index in [1.807, 2.05) is 24.3 Å². The van der Waals surface area contributed by atoms with Gasteiger partial charge in [0, 0.05) is 10.4 Å². The first-order valence-corrected chi connectivity index (χ1v) is 5.51. The molecule has 0 nitrogen and oxygen atoms in total. The standard InChI is InChI=1S/C11H11BrF2/c12-8-3-1-2-7(6-8)9-4-5-10(9)11(13)14/h1-3,6,9-11H,4-5H2. The minimum Gasteiger partial charge on any atom is -0.210 e. The van der Waals surface area contributed by atoms with Crippen molar-refractivity contribution in [3.05, 3.63) is 34.3 Å². The van der Waals surface area contributed by atoms with E-state index < -0.39 is 12.3 Å². The molecule has 3 heteroatoms. The summed E-state index contributed by atoms with van der Waals surface area (Å²) in [6.07, 6.45) is -0.618. The third-order valence-electron chi connectivity index (χ3n) is 2.93. The molecule has 0 aliphatic heterocycles. The average Bonchev–Trinajstić information content (AvgIpc) is 2.00. The summed E-state index contributed by atoms with van der Waals surface area (Å²) in [6.45, 7) is 0. The van der Waals surface area contributed by atoms with Gasteiger partial charge in [-0.2, -0.15) is 0 Å². The van der Waals surface area contributed by atoms with Crippen molar-refractivity contribution in [2.24, 2.45) is 5.92 Å². The predicted molar refractivity (Wildman–Crippen MR) is 55.6 cm³/mol. The molecule has 76 valence electrons. The van der Waals surface area contributed by atoms with Crippen molar-refractivity contribution in [3.8, 4) is 0 Å². The van der Waals surface area contributed by atoms with Crippen molar-refractivity contribution in [2.45, 2.75) is 25.2 Å². The van der Waals surface area contributed by atoms with Gasteiger partial charge in [0.15, 0.2) is 0 Å². The Hall–Kier alpha value is -0.440. The van der Waals surface area contributed by atoms with Crippen molar-refractivity contribution in [3.63, 3.8) is 0 Å². The van der Waals surface area contributed by atoms with Gasteiger partial charge in [0.25, 0.3) is 0 Å². The third kappa shape index (κ3) is 1.83. The normalized spacial score (nSPS) is 26.3. The maximum atomic E-state index is 12.5. The van der Waals surface area contributed by atoms with Crippen LogP contribution < -0.4 is 0 Å². The van der Waals surface area contributed by atoms with Crippen LogP contribution in [0.4, 0.5) is 8.78 Å². The van der Waals surface area contributed by atoms with Crippen molar-refractivity contribution in [2.75, 3.05) is 0 Å². The van der Waals surface area contributed by atoms with Gasteiger partial charge in [-0.3, -0.25) is 0 Å². The second-order valence-corrected chi connectivity index (χ2v) is 4.65. The van der Waals surface area contributed by atoms with Gasteiger partial charge in [-0.25, -0.2) is 8.78 Å². The highest BCUT2D eigenvalue weighted by atomic mass is 79.9. The highest BCUT2D eigenvalue weighted by Gasteiger charge is 2.38. The van der Waals surface area contributed by atoms with Crippen molar-refractivity contribution in [1.29, 1.82) is 0 Å². The van der Waals surface area contributed by atoms with Crippen LogP contribution in [0.15, 0.2) is 28.7 Å². The molecule has 1 fully saturated rings. The lowest BCUT2D eigenvalue weighted by atomic mass is 9.70. The first-order valence-electron chi connectivity index (χ1n) is 4.72. The Labute approximate surface area is 90.4 Å². The summed E-state index contributed by atoms with van der Waals surface area (Å²) < 4.78 is 26.0. The zero-order valence-corrected chi connectivity index (χ0v) is 9.18. The maximum Gasteiger partial charge on any atom is 0.242 e. The summed E-state index contributed by atoms with van der Waals surface area (Å²) in [5, 5.41) is 0. The van der Waals surface area contributed by atoms with Gasteiger partial charge >= 0.3 is 0 Å². The molecule has 1 aromatic carbocycles. The minimum absolute atomic E-state index is 0.0625. The topological polar surface area (TPSA) is 0 Å². The summed E-state index contributed by atoms with van der Waals surface area (Å²) in [6, 6.07) is 7.70. The van der Waals surface area contributed by atoms with Crippen LogP contribution in [-0.4, -0.2) is 6.43 Å². The molecule has 2 unspecified atom stereocenters. The molecule has 0 amide bonds. The number of hydrogen-bond acceptors (Lipinski definition) is 0. The number of alkyl halides is 2. The monoisotopic (exact) mass is 260 g/mol. The smallest absolute Gasteiger partial charge is 0.210 e. The summed E-state index contributed by atoms with van der Waals surface area (Å²) in [7, 11) is 0. The molecule has 0 aromatic heterocycles. The summed E-state index contributed by atoms with van der Waals surface area (Å²) in [5.41, 5.74) is 1.04. The predicted octanol–water partition coefficient (Wildman–Crippen LogP) is 4.21. The van der Waals surface area contributed by atoms with Gasteiger partial charge in [-0.1, -0.05) is 28.1 Å². The van der Waals surface area contributed by atoms with Crippen LogP contribution in [0, 0.1) is 5.92 Å². The fourth-order valence-electron chi connectivity index (χ4n) is 1.98. The molecule has 1 saturated carbocycles. The summed E-state index contributed by atoms with van der Waals surface area (Å²) in [5.74, 6) is -0.364. The number of halogens is 3. The van der Waals surface area contributed by atoms with E-state index in [9.17, 15) is 8.78 Å². The Morgan fingerprint density at radius 3 is 2.57 bits per heavy atom. The molecule has 14 heavy (non-hydrogen) atoms. The van der Waals surface area contributed by atoms with Crippen molar-refractivity contribution < 1.29 is 8.78 Å². The lowest BCUT2D eigenvalue weighted by molar-refractivity contribution is 0.0168. The van der Waals surface area contributed by atoms with Crippen LogP contribution in [-0.2, 0) is 0 Å². The van der Waals surface area contributed by atoms with Crippen LogP contribution in [0.2, 0.25) is 0 Å². The lowest BCUT2D eigenvalue weighted by Crippen LogP contribution is -2.29. The molecule has 1 aliphatic carbocycles. The van der Waals surface area contributed by atoms with Crippen LogP contribution in [0.5, 0.6) is 0 Å². The molecule has 2 rings (SSSR count). The largest absolute Gasteiger partial charge is 0.242 e. The van der Waals surface area contributed by atoms with E-state index in [1.54, 1.807) is 0 Å². The third-order valence-corrected chi connectivity index (χ3v) is 3.42. The molecule has 1 aromatic rings. The van der Waals surface area contributed by atoms with Gasteiger partial charge in [0.2, 0.25) is 6.43 Å². The Balaban J connectivity index is 2.16. The molecular formula is C11H11BrF2. The molecule has 0 radical (unpaired) electrons. The Morgan fingerprint density at radius 2 is 2.07 bits per heavy atom.